The van der Waals surface area contributed by atoms with Crippen LogP contribution in [0.1, 0.15) is 0 Å². The molecule has 0 atom stereocenters. The first-order valence-electron chi connectivity index (χ1n) is 0. The summed E-state index contributed by atoms with van der Waals surface area (Å²) in [5.74, 6) is 0. The van der Waals surface area contributed by atoms with E-state index in [-0.39, 0.29) is 50.9 Å². The molecule has 5 heavy (non-hydrogen) atoms. The Labute approximate surface area is 51.3 Å². The number of rotatable bonds is 0. The van der Waals surface area contributed by atoms with E-state index in [2.05, 4.69) is 0 Å². The van der Waals surface area contributed by atoms with Crippen molar-refractivity contribution >= 4 is 17.4 Å². The van der Waals surface area contributed by atoms with Crippen molar-refractivity contribution in [3.63, 3.8) is 0 Å². The zero-order valence-corrected chi connectivity index (χ0v) is 4.20. The molecule has 0 saturated heterocycles. The maximum Gasteiger partial charge on any atom is 3.00 e. The van der Waals surface area contributed by atoms with Gasteiger partial charge in [0.05, 0.1) is 0 Å². The molecule has 0 unspecified atom stereocenters. The van der Waals surface area contributed by atoms with E-state index in [0.29, 0.717) is 0 Å². The van der Waals surface area contributed by atoms with Gasteiger partial charge < -0.3 is 16.4 Å². The minimum absolute atomic E-state index is 0. The van der Waals surface area contributed by atoms with Gasteiger partial charge in [-0.3, -0.25) is 0 Å². The van der Waals surface area contributed by atoms with Gasteiger partial charge in [0.25, 0.3) is 0 Å². The zero-order chi connectivity index (χ0) is 0. The van der Waals surface area contributed by atoms with E-state index in [0.717, 1.165) is 0 Å². The molecule has 0 N–H and O–H groups in total. The van der Waals surface area contributed by atoms with E-state index in [9.17, 15) is 0 Å². The van der Waals surface area contributed by atoms with E-state index in [1.165, 1.54) is 0 Å². The molecule has 0 aliphatic rings. The maximum absolute atomic E-state index is 0. The molecule has 5 heteroatoms. The Morgan fingerprint density at radius 1 is 0.600 bits per heavy atom. The van der Waals surface area contributed by atoms with Gasteiger partial charge in [0.1, 0.15) is 0 Å². The summed E-state index contributed by atoms with van der Waals surface area (Å²) >= 11 is 0. The van der Waals surface area contributed by atoms with Crippen LogP contribution in [0.5, 0.6) is 0 Å². The van der Waals surface area contributed by atoms with Crippen LogP contribution >= 0.6 is 0 Å². The van der Waals surface area contributed by atoms with Gasteiger partial charge in [-0.15, -0.1) is 0 Å². The molecule has 0 amide bonds. The van der Waals surface area contributed by atoms with Gasteiger partial charge in [0, 0.05) is 0 Å². The third kappa shape index (κ3) is 48.8. The zero-order valence-electron chi connectivity index (χ0n) is 2.10. The van der Waals surface area contributed by atoms with Crippen molar-refractivity contribution in [3.05, 3.63) is 0 Å². The fraction of sp³-hybridized carbons (Fsp3) is 0. The van der Waals surface area contributed by atoms with Crippen molar-refractivity contribution < 1.29 is 33.5 Å². The van der Waals surface area contributed by atoms with Gasteiger partial charge in [-0.2, -0.15) is 0 Å². The van der Waals surface area contributed by atoms with Crippen molar-refractivity contribution in [1.82, 2.24) is 0 Å². The van der Waals surface area contributed by atoms with Crippen LogP contribution in [0.15, 0.2) is 0 Å². The molecule has 0 heterocycles. The molecule has 3 nitrogen and oxygen atoms in total. The Hall–Kier alpha value is 0.932. The average Bonchev–Trinajstić information content (AvgIpc) is 0. The molecule has 0 spiro atoms. The summed E-state index contributed by atoms with van der Waals surface area (Å²) in [6.45, 7) is 0. The van der Waals surface area contributed by atoms with Crippen LogP contribution in [-0.4, -0.2) is 17.4 Å². The summed E-state index contributed by atoms with van der Waals surface area (Å²) in [6, 6.07) is 0. The Balaban J connectivity index is 0. The van der Waals surface area contributed by atoms with Gasteiger partial charge in [0.2, 0.25) is 0 Å². The Bertz CT molecular complexity index is 6.85. The fourth-order valence-corrected chi connectivity index (χ4v) is 0. The molecule has 0 saturated carbocycles. The van der Waals surface area contributed by atoms with Crippen LogP contribution in [0.25, 0.3) is 0 Å². The molecule has 0 rings (SSSR count). The summed E-state index contributed by atoms with van der Waals surface area (Å²) in [6.07, 6.45) is 0. The first-order chi connectivity index (χ1) is 0. The molecule has 1 radical (unpaired) electrons. The fourth-order valence-electron chi connectivity index (χ4n) is 0. The third-order valence-corrected chi connectivity index (χ3v) is 0. The molecular weight excluding hydrogens is 139 g/mol. The van der Waals surface area contributed by atoms with E-state index >= 15 is 0 Å². The van der Waals surface area contributed by atoms with E-state index in [1.807, 2.05) is 0 Å². The van der Waals surface area contributed by atoms with Gasteiger partial charge >= 0.3 is 34.4 Å². The summed E-state index contributed by atoms with van der Waals surface area (Å²) < 4.78 is 0. The Morgan fingerprint density at radius 2 is 0.600 bits per heavy atom. The normalized spacial score (nSPS) is 0. The van der Waals surface area contributed by atoms with Crippen molar-refractivity contribution in [2.75, 3.05) is 0 Å². The second-order valence-electron chi connectivity index (χ2n) is 0. The van der Waals surface area contributed by atoms with Crippen LogP contribution in [-0.2, 0) is 33.5 Å². The topological polar surface area (TPSA) is 85.5 Å². The summed E-state index contributed by atoms with van der Waals surface area (Å²) in [5, 5.41) is 0. The predicted molar refractivity (Wildman–Crippen MR) is 7.81 cm³/mol. The quantitative estimate of drug-likeness (QED) is 0.395. The second kappa shape index (κ2) is 87.8. The van der Waals surface area contributed by atoms with Crippen molar-refractivity contribution in [3.8, 4) is 0 Å². The van der Waals surface area contributed by atoms with Gasteiger partial charge in [-0.25, -0.2) is 0 Å². The summed E-state index contributed by atoms with van der Waals surface area (Å²) in [7, 11) is 0. The molecule has 0 aliphatic carbocycles. The number of hydrogen-bond donors (Lipinski definition) is 0. The summed E-state index contributed by atoms with van der Waals surface area (Å²) in [4.78, 5) is 0. The van der Waals surface area contributed by atoms with Gasteiger partial charge in [-0.1, -0.05) is 0 Å². The number of hydrogen-bond acceptors (Lipinski definition) is 0. The van der Waals surface area contributed by atoms with E-state index in [1.54, 1.807) is 0 Å². The van der Waals surface area contributed by atoms with Crippen LogP contribution in [0.3, 0.4) is 0 Å². The molecule has 0 fully saturated rings. The smallest absolute Gasteiger partial charge is 2.00 e. The minimum atomic E-state index is 0. The van der Waals surface area contributed by atoms with Crippen LogP contribution in [0, 0.1) is 0 Å². The van der Waals surface area contributed by atoms with E-state index < -0.39 is 0 Å². The standard InChI is InChI=1S/Al.Cu.3O/q+3;+2;3*-2. The first-order valence-corrected chi connectivity index (χ1v) is 0. The molecule has 0 bridgehead atoms. The monoisotopic (exact) mass is 138 g/mol. The predicted octanol–water partition coefficient (Wildman–Crippen LogP) is -0.740. The SMILES string of the molecule is [Al+3].[Cu+2].[O-2].[O-2].[O-2]. The molecule has 0 aliphatic heterocycles. The van der Waals surface area contributed by atoms with Crippen molar-refractivity contribution in [1.29, 1.82) is 0 Å². The minimum Gasteiger partial charge on any atom is -2.00 e. The third-order valence-electron chi connectivity index (χ3n) is 0. The van der Waals surface area contributed by atoms with Crippen molar-refractivity contribution in [2.24, 2.45) is 0 Å². The van der Waals surface area contributed by atoms with Gasteiger partial charge in [0.15, 0.2) is 0 Å². The van der Waals surface area contributed by atoms with E-state index in [4.69, 9.17) is 0 Å². The second-order valence-corrected chi connectivity index (χ2v) is 0. The van der Waals surface area contributed by atoms with Crippen LogP contribution in [0.4, 0.5) is 0 Å². The van der Waals surface area contributed by atoms with Crippen LogP contribution in [0.2, 0.25) is 0 Å². The molecule has 33 valence electrons. The molecule has 0 aromatic heterocycles. The summed E-state index contributed by atoms with van der Waals surface area (Å²) in [5.41, 5.74) is 0. The van der Waals surface area contributed by atoms with Crippen molar-refractivity contribution in [2.45, 2.75) is 0 Å². The average molecular weight is 139 g/mol. The largest absolute Gasteiger partial charge is 3.00 e. The van der Waals surface area contributed by atoms with Crippen LogP contribution < -0.4 is 0 Å². The molecular formula is AlCuO3-. The maximum atomic E-state index is 0. The Morgan fingerprint density at radius 3 is 0.600 bits per heavy atom. The van der Waals surface area contributed by atoms with Gasteiger partial charge in [-0.05, 0) is 0 Å². The first kappa shape index (κ1) is 166. The molecule has 0 aromatic carbocycles. The molecule has 0 aromatic rings. The Kier molecular flexibility index (Phi) is 2920.